The Morgan fingerprint density at radius 3 is 2.42 bits per heavy atom. The van der Waals surface area contributed by atoms with Crippen LogP contribution in [0.15, 0.2) is 84.9 Å². The van der Waals surface area contributed by atoms with Crippen molar-refractivity contribution in [3.63, 3.8) is 0 Å². The standard InChI is InChI=1S/C37H45NO7/c1-3-30(39)25-45-36-22-38-21-35(44-23-26-19-28-9-4-6-11-32(28)33(40)20-26)37(36)27-13-15-31(16-14-27)43-18-8-17-42-24-29-10-5-7-12-34(29)41-2/h4-7,9-16,19-20,30,35-40H,3,8,17-18,21-25H2,1-2H3. The van der Waals surface area contributed by atoms with Gasteiger partial charge in [0.2, 0.25) is 0 Å². The van der Waals surface area contributed by atoms with Crippen LogP contribution in [0.25, 0.3) is 10.8 Å². The van der Waals surface area contributed by atoms with Crippen molar-refractivity contribution in [3.8, 4) is 17.2 Å². The molecule has 4 aromatic carbocycles. The topological polar surface area (TPSA) is 98.6 Å². The summed E-state index contributed by atoms with van der Waals surface area (Å²) in [6.07, 6.45) is 0.529. The molecule has 45 heavy (non-hydrogen) atoms. The zero-order valence-corrected chi connectivity index (χ0v) is 26.2. The van der Waals surface area contributed by atoms with Crippen molar-refractivity contribution in [2.45, 2.75) is 57.2 Å². The van der Waals surface area contributed by atoms with Gasteiger partial charge in [-0.25, -0.2) is 0 Å². The molecule has 1 aliphatic rings. The quantitative estimate of drug-likeness (QED) is 0.133. The van der Waals surface area contributed by atoms with Gasteiger partial charge in [-0.05, 0) is 53.3 Å². The molecule has 8 nitrogen and oxygen atoms in total. The van der Waals surface area contributed by atoms with Crippen LogP contribution in [0, 0.1) is 0 Å². The lowest BCUT2D eigenvalue weighted by Crippen LogP contribution is -2.51. The number of aliphatic hydroxyl groups excluding tert-OH is 1. The number of ether oxygens (including phenoxy) is 5. The largest absolute Gasteiger partial charge is 0.507 e. The summed E-state index contributed by atoms with van der Waals surface area (Å²) >= 11 is 0. The molecule has 1 heterocycles. The molecule has 240 valence electrons. The van der Waals surface area contributed by atoms with Crippen LogP contribution in [0.3, 0.4) is 0 Å². The predicted molar refractivity (Wildman–Crippen MR) is 175 cm³/mol. The summed E-state index contributed by atoms with van der Waals surface area (Å²) in [4.78, 5) is 0. The summed E-state index contributed by atoms with van der Waals surface area (Å²) in [7, 11) is 1.67. The molecule has 0 bridgehead atoms. The highest BCUT2D eigenvalue weighted by Gasteiger charge is 2.36. The van der Waals surface area contributed by atoms with Gasteiger partial charge in [0.1, 0.15) is 17.2 Å². The van der Waals surface area contributed by atoms with Crippen LogP contribution in [-0.2, 0) is 27.4 Å². The van der Waals surface area contributed by atoms with Gasteiger partial charge in [0.05, 0.1) is 58.5 Å². The third kappa shape index (κ3) is 8.96. The van der Waals surface area contributed by atoms with Crippen molar-refractivity contribution in [1.82, 2.24) is 5.32 Å². The summed E-state index contributed by atoms with van der Waals surface area (Å²) in [5.74, 6) is 1.82. The Kier molecular flexibility index (Phi) is 12.1. The molecule has 4 unspecified atom stereocenters. The Labute approximate surface area is 265 Å². The zero-order chi connectivity index (χ0) is 31.4. The molecule has 4 atom stereocenters. The van der Waals surface area contributed by atoms with E-state index in [1.807, 2.05) is 67.6 Å². The van der Waals surface area contributed by atoms with E-state index in [-0.39, 0.29) is 30.5 Å². The molecule has 1 saturated heterocycles. The fraction of sp³-hybridized carbons (Fsp3) is 0.405. The molecule has 1 fully saturated rings. The van der Waals surface area contributed by atoms with Gasteiger partial charge >= 0.3 is 0 Å². The van der Waals surface area contributed by atoms with E-state index in [0.29, 0.717) is 45.9 Å². The Morgan fingerprint density at radius 2 is 1.62 bits per heavy atom. The molecule has 0 saturated carbocycles. The first-order chi connectivity index (χ1) is 22.1. The zero-order valence-electron chi connectivity index (χ0n) is 26.2. The second-order valence-electron chi connectivity index (χ2n) is 11.4. The molecule has 0 amide bonds. The lowest BCUT2D eigenvalue weighted by Gasteiger charge is -2.39. The van der Waals surface area contributed by atoms with E-state index in [2.05, 4.69) is 23.5 Å². The summed E-state index contributed by atoms with van der Waals surface area (Å²) in [5, 5.41) is 26.0. The van der Waals surface area contributed by atoms with Crippen LogP contribution >= 0.6 is 0 Å². The van der Waals surface area contributed by atoms with Gasteiger partial charge in [0.25, 0.3) is 0 Å². The second kappa shape index (κ2) is 16.6. The van der Waals surface area contributed by atoms with Crippen molar-refractivity contribution in [1.29, 1.82) is 0 Å². The minimum Gasteiger partial charge on any atom is -0.507 e. The molecule has 1 aliphatic heterocycles. The predicted octanol–water partition coefficient (Wildman–Crippen LogP) is 5.97. The second-order valence-corrected chi connectivity index (χ2v) is 11.4. The van der Waals surface area contributed by atoms with E-state index in [9.17, 15) is 10.2 Å². The van der Waals surface area contributed by atoms with Crippen LogP contribution in [0.1, 0.15) is 42.4 Å². The van der Waals surface area contributed by atoms with Crippen molar-refractivity contribution < 1.29 is 33.9 Å². The van der Waals surface area contributed by atoms with E-state index in [1.165, 1.54) is 0 Å². The molecule has 3 N–H and O–H groups in total. The normalized spacial score (nSPS) is 19.0. The maximum atomic E-state index is 10.6. The molecular weight excluding hydrogens is 570 g/mol. The molecule has 0 spiro atoms. The maximum absolute atomic E-state index is 10.6. The number of piperidine rings is 1. The van der Waals surface area contributed by atoms with E-state index in [0.717, 1.165) is 45.4 Å². The summed E-state index contributed by atoms with van der Waals surface area (Å²) in [6.45, 7) is 5.51. The van der Waals surface area contributed by atoms with Gasteiger partial charge in [-0.1, -0.05) is 61.5 Å². The highest BCUT2D eigenvalue weighted by atomic mass is 16.5. The number of aliphatic hydroxyl groups is 1. The average Bonchev–Trinajstić information content (AvgIpc) is 3.08. The van der Waals surface area contributed by atoms with Gasteiger partial charge in [-0.15, -0.1) is 0 Å². The molecular formula is C37H45NO7. The van der Waals surface area contributed by atoms with Crippen LogP contribution in [-0.4, -0.2) is 68.5 Å². The van der Waals surface area contributed by atoms with E-state index in [4.69, 9.17) is 23.7 Å². The van der Waals surface area contributed by atoms with E-state index >= 15 is 0 Å². The molecule has 0 radical (unpaired) electrons. The number of aromatic hydroxyl groups is 1. The maximum Gasteiger partial charge on any atom is 0.124 e. The summed E-state index contributed by atoms with van der Waals surface area (Å²) < 4.78 is 30.0. The number of hydrogen-bond donors (Lipinski definition) is 3. The van der Waals surface area contributed by atoms with Crippen molar-refractivity contribution in [2.75, 3.05) is 40.0 Å². The number of hydrogen-bond acceptors (Lipinski definition) is 8. The van der Waals surface area contributed by atoms with Crippen molar-refractivity contribution in [3.05, 3.63) is 102 Å². The van der Waals surface area contributed by atoms with Gasteiger partial charge in [-0.3, -0.25) is 0 Å². The monoisotopic (exact) mass is 615 g/mol. The highest BCUT2D eigenvalue weighted by Crippen LogP contribution is 2.33. The van der Waals surface area contributed by atoms with Crippen molar-refractivity contribution >= 4 is 10.8 Å². The molecule has 5 rings (SSSR count). The average molecular weight is 616 g/mol. The van der Waals surface area contributed by atoms with Gasteiger partial charge in [-0.2, -0.15) is 0 Å². The SMILES string of the molecule is CCC(O)COC1CNCC(OCc2cc(O)c3ccccc3c2)C1c1ccc(OCCCOCc2ccccc2OC)cc1. The number of phenolic OH excluding ortho intramolecular Hbond substituents is 1. The Balaban J connectivity index is 1.19. The number of methoxy groups -OCH3 is 1. The number of phenols is 1. The third-order valence-electron chi connectivity index (χ3n) is 8.25. The Hall–Kier alpha value is -3.66. The van der Waals surface area contributed by atoms with Crippen LogP contribution < -0.4 is 14.8 Å². The van der Waals surface area contributed by atoms with Gasteiger partial charge < -0.3 is 39.2 Å². The first kappa shape index (κ1) is 32.7. The van der Waals surface area contributed by atoms with E-state index < -0.39 is 6.10 Å². The molecule has 4 aromatic rings. The Morgan fingerprint density at radius 1 is 0.867 bits per heavy atom. The van der Waals surface area contributed by atoms with Crippen LogP contribution in [0.5, 0.6) is 17.2 Å². The highest BCUT2D eigenvalue weighted by molar-refractivity contribution is 5.88. The Bertz CT molecular complexity index is 1480. The van der Waals surface area contributed by atoms with E-state index in [1.54, 1.807) is 13.2 Å². The summed E-state index contributed by atoms with van der Waals surface area (Å²) in [6, 6.07) is 27.6. The first-order valence-electron chi connectivity index (χ1n) is 15.8. The first-order valence-corrected chi connectivity index (χ1v) is 15.8. The van der Waals surface area contributed by atoms with Crippen molar-refractivity contribution in [2.24, 2.45) is 0 Å². The van der Waals surface area contributed by atoms with Gasteiger partial charge in [0.15, 0.2) is 0 Å². The van der Waals surface area contributed by atoms with Crippen LogP contribution in [0.4, 0.5) is 0 Å². The fourth-order valence-electron chi connectivity index (χ4n) is 5.75. The number of benzene rings is 4. The minimum absolute atomic E-state index is 0.0539. The number of para-hydroxylation sites is 1. The number of rotatable bonds is 16. The number of fused-ring (bicyclic) bond motifs is 1. The van der Waals surface area contributed by atoms with Gasteiger partial charge in [0, 0.05) is 36.4 Å². The third-order valence-corrected chi connectivity index (χ3v) is 8.25. The molecule has 0 aromatic heterocycles. The minimum atomic E-state index is -0.512. The van der Waals surface area contributed by atoms with Crippen LogP contribution in [0.2, 0.25) is 0 Å². The molecule has 8 heteroatoms. The number of nitrogens with one attached hydrogen (secondary N) is 1. The lowest BCUT2D eigenvalue weighted by molar-refractivity contribution is -0.0777. The smallest absolute Gasteiger partial charge is 0.124 e. The molecule has 0 aliphatic carbocycles. The fourth-order valence-corrected chi connectivity index (χ4v) is 5.75. The lowest BCUT2D eigenvalue weighted by atomic mass is 9.85. The summed E-state index contributed by atoms with van der Waals surface area (Å²) in [5.41, 5.74) is 3.02.